The third kappa shape index (κ3) is 7.15. The molecule has 0 saturated carbocycles. The molecule has 5 nitrogen and oxygen atoms in total. The van der Waals surface area contributed by atoms with E-state index in [1.54, 1.807) is 24.3 Å². The lowest BCUT2D eigenvalue weighted by Gasteiger charge is -2.37. The van der Waals surface area contributed by atoms with Crippen LogP contribution in [-0.4, -0.2) is 37.1 Å². The van der Waals surface area contributed by atoms with Crippen LogP contribution < -0.4 is 10.6 Å². The van der Waals surface area contributed by atoms with Crippen molar-refractivity contribution in [2.45, 2.75) is 18.4 Å². The first-order valence-corrected chi connectivity index (χ1v) is 9.99. The summed E-state index contributed by atoms with van der Waals surface area (Å²) < 4.78 is 31.9. The highest BCUT2D eigenvalue weighted by Crippen LogP contribution is 2.20. The molecular formula is C24H24F2N2O3. The predicted octanol–water partition coefficient (Wildman–Crippen LogP) is 3.47. The molecule has 0 spiro atoms. The van der Waals surface area contributed by atoms with Gasteiger partial charge in [-0.25, -0.2) is 8.78 Å². The van der Waals surface area contributed by atoms with E-state index in [0.29, 0.717) is 37.2 Å². The molecule has 1 aliphatic rings. The highest BCUT2D eigenvalue weighted by atomic mass is 19.1. The molecule has 31 heavy (non-hydrogen) atoms. The van der Waals surface area contributed by atoms with E-state index >= 15 is 0 Å². The van der Waals surface area contributed by atoms with Crippen LogP contribution in [0.4, 0.5) is 8.78 Å². The molecular weight excluding hydrogens is 402 g/mol. The van der Waals surface area contributed by atoms with Crippen molar-refractivity contribution in [3.8, 4) is 0 Å². The number of benzene rings is 2. The number of hydrogen-bond acceptors (Lipinski definition) is 3. The first-order chi connectivity index (χ1) is 14.9. The minimum Gasteiger partial charge on any atom is -0.381 e. The van der Waals surface area contributed by atoms with Crippen LogP contribution in [0.3, 0.4) is 0 Å². The molecule has 2 amide bonds. The first kappa shape index (κ1) is 22.4. The molecule has 162 valence electrons. The summed E-state index contributed by atoms with van der Waals surface area (Å²) in [7, 11) is 0. The summed E-state index contributed by atoms with van der Waals surface area (Å²) in [5, 5.41) is 5.77. The minimum absolute atomic E-state index is 0.224. The molecule has 0 unspecified atom stereocenters. The van der Waals surface area contributed by atoms with Gasteiger partial charge >= 0.3 is 0 Å². The Balaban J connectivity index is 1.59. The fourth-order valence-electron chi connectivity index (χ4n) is 3.29. The van der Waals surface area contributed by atoms with Crippen molar-refractivity contribution in [1.29, 1.82) is 0 Å². The van der Waals surface area contributed by atoms with Gasteiger partial charge < -0.3 is 15.4 Å². The van der Waals surface area contributed by atoms with Gasteiger partial charge in [-0.2, -0.15) is 0 Å². The van der Waals surface area contributed by atoms with Crippen LogP contribution in [-0.2, 0) is 14.3 Å². The van der Waals surface area contributed by atoms with Gasteiger partial charge in [-0.3, -0.25) is 9.59 Å². The standard InChI is InChI=1S/C24H24F2N2O3/c25-20-5-1-3-18(15-20)7-9-22(29)27-17-24(11-13-31-14-12-24)28-23(30)10-8-19-4-2-6-21(26)16-19/h1-10,15-16H,11-14,17H2,(H,27,29)(H,28,30)/b9-7+,10-8+. The SMILES string of the molecule is O=C(/C=C/c1cccc(F)c1)NCC1(NC(=O)/C=C/c2cccc(F)c2)CCOCC1. The molecule has 2 aromatic rings. The maximum Gasteiger partial charge on any atom is 0.244 e. The third-order valence-electron chi connectivity index (χ3n) is 4.99. The Hall–Kier alpha value is -3.32. The summed E-state index contributed by atoms with van der Waals surface area (Å²) in [4.78, 5) is 24.7. The Bertz CT molecular complexity index is 982. The molecule has 3 rings (SSSR count). The summed E-state index contributed by atoms with van der Waals surface area (Å²) in [6.07, 6.45) is 6.81. The van der Waals surface area contributed by atoms with Crippen molar-refractivity contribution >= 4 is 24.0 Å². The normalized spacial score (nSPS) is 15.8. The fourth-order valence-corrected chi connectivity index (χ4v) is 3.29. The number of nitrogens with one attached hydrogen (secondary N) is 2. The number of carbonyl (C=O) groups excluding carboxylic acids is 2. The maximum absolute atomic E-state index is 13.3. The summed E-state index contributed by atoms with van der Waals surface area (Å²) in [5.41, 5.74) is 0.503. The van der Waals surface area contributed by atoms with Gasteiger partial charge in [-0.15, -0.1) is 0 Å². The summed E-state index contributed by atoms with van der Waals surface area (Å²) in [6, 6.07) is 11.8. The van der Waals surface area contributed by atoms with Crippen molar-refractivity contribution in [1.82, 2.24) is 10.6 Å². The molecule has 2 N–H and O–H groups in total. The van der Waals surface area contributed by atoms with Crippen LogP contribution in [0, 0.1) is 11.6 Å². The Morgan fingerprint density at radius 3 is 2.00 bits per heavy atom. The van der Waals surface area contributed by atoms with Gasteiger partial charge in [0.1, 0.15) is 11.6 Å². The van der Waals surface area contributed by atoms with Crippen molar-refractivity contribution in [2.24, 2.45) is 0 Å². The lowest BCUT2D eigenvalue weighted by Crippen LogP contribution is -2.57. The molecule has 0 aromatic heterocycles. The molecule has 0 atom stereocenters. The van der Waals surface area contributed by atoms with Crippen molar-refractivity contribution in [2.75, 3.05) is 19.8 Å². The number of carbonyl (C=O) groups is 2. The predicted molar refractivity (Wildman–Crippen MR) is 115 cm³/mol. The molecule has 1 saturated heterocycles. The number of amides is 2. The van der Waals surface area contributed by atoms with E-state index in [4.69, 9.17) is 4.74 Å². The third-order valence-corrected chi connectivity index (χ3v) is 4.99. The highest BCUT2D eigenvalue weighted by molar-refractivity contribution is 5.93. The van der Waals surface area contributed by atoms with Gasteiger partial charge in [0.15, 0.2) is 0 Å². The van der Waals surface area contributed by atoms with Crippen LogP contribution >= 0.6 is 0 Å². The Morgan fingerprint density at radius 2 is 1.45 bits per heavy atom. The number of rotatable bonds is 7. The number of hydrogen-bond donors (Lipinski definition) is 2. The molecule has 1 heterocycles. The summed E-state index contributed by atoms with van der Waals surface area (Å²) >= 11 is 0. The molecule has 1 fully saturated rings. The summed E-state index contributed by atoms with van der Waals surface area (Å²) in [5.74, 6) is -1.44. The second-order valence-corrected chi connectivity index (χ2v) is 7.38. The Labute approximate surface area is 179 Å². The lowest BCUT2D eigenvalue weighted by molar-refractivity contribution is -0.121. The second-order valence-electron chi connectivity index (χ2n) is 7.38. The van der Waals surface area contributed by atoms with E-state index in [-0.39, 0.29) is 30.0 Å². The zero-order chi connectivity index (χ0) is 22.1. The van der Waals surface area contributed by atoms with E-state index < -0.39 is 5.54 Å². The molecule has 0 bridgehead atoms. The van der Waals surface area contributed by atoms with Crippen LogP contribution in [0.25, 0.3) is 12.2 Å². The Kier molecular flexibility index (Phi) is 7.67. The zero-order valence-corrected chi connectivity index (χ0v) is 16.9. The zero-order valence-electron chi connectivity index (χ0n) is 16.9. The number of halogens is 2. The quantitative estimate of drug-likeness (QED) is 0.667. The van der Waals surface area contributed by atoms with E-state index in [9.17, 15) is 18.4 Å². The van der Waals surface area contributed by atoms with Gasteiger partial charge in [0.2, 0.25) is 11.8 Å². The van der Waals surface area contributed by atoms with Crippen LogP contribution in [0.15, 0.2) is 60.7 Å². The average molecular weight is 426 g/mol. The van der Waals surface area contributed by atoms with Crippen LogP contribution in [0.5, 0.6) is 0 Å². The Morgan fingerprint density at radius 1 is 0.903 bits per heavy atom. The topological polar surface area (TPSA) is 67.4 Å². The van der Waals surface area contributed by atoms with E-state index in [1.165, 1.54) is 48.6 Å². The van der Waals surface area contributed by atoms with Crippen LogP contribution in [0.2, 0.25) is 0 Å². The van der Waals surface area contributed by atoms with Gasteiger partial charge in [0.25, 0.3) is 0 Å². The highest BCUT2D eigenvalue weighted by Gasteiger charge is 2.33. The number of ether oxygens (including phenoxy) is 1. The summed E-state index contributed by atoms with van der Waals surface area (Å²) in [6.45, 7) is 1.15. The molecule has 1 aliphatic heterocycles. The first-order valence-electron chi connectivity index (χ1n) is 9.99. The van der Waals surface area contributed by atoms with Crippen LogP contribution in [0.1, 0.15) is 24.0 Å². The lowest BCUT2D eigenvalue weighted by atomic mass is 9.89. The fraction of sp³-hybridized carbons (Fsp3) is 0.250. The van der Waals surface area contributed by atoms with Crippen molar-refractivity contribution in [3.05, 3.63) is 83.4 Å². The average Bonchev–Trinajstić information content (AvgIpc) is 2.76. The van der Waals surface area contributed by atoms with Gasteiger partial charge in [-0.05, 0) is 60.4 Å². The monoisotopic (exact) mass is 426 g/mol. The molecule has 0 radical (unpaired) electrons. The largest absolute Gasteiger partial charge is 0.381 e. The van der Waals surface area contributed by atoms with E-state index in [1.807, 2.05) is 0 Å². The smallest absolute Gasteiger partial charge is 0.244 e. The molecule has 0 aliphatic carbocycles. The molecule has 2 aromatic carbocycles. The van der Waals surface area contributed by atoms with Gasteiger partial charge in [0.05, 0.1) is 5.54 Å². The van der Waals surface area contributed by atoms with E-state index in [0.717, 1.165) is 0 Å². The minimum atomic E-state index is -0.649. The van der Waals surface area contributed by atoms with Crippen molar-refractivity contribution < 1.29 is 23.1 Å². The van der Waals surface area contributed by atoms with E-state index in [2.05, 4.69) is 10.6 Å². The molecule has 7 heteroatoms. The van der Waals surface area contributed by atoms with Gasteiger partial charge in [-0.1, -0.05) is 24.3 Å². The van der Waals surface area contributed by atoms with Crippen molar-refractivity contribution in [3.63, 3.8) is 0 Å². The van der Waals surface area contributed by atoms with Gasteiger partial charge in [0, 0.05) is 31.9 Å². The second kappa shape index (κ2) is 10.6. The maximum atomic E-state index is 13.3.